The number of fused-ring (bicyclic) bond motifs is 2. The number of para-hydroxylation sites is 1. The molecular weight excluding hydrogens is 316 g/mol. The van der Waals surface area contributed by atoms with Crippen LogP contribution in [0, 0.1) is 0 Å². The Balaban J connectivity index is 1.48. The van der Waals surface area contributed by atoms with Gasteiger partial charge in [0.1, 0.15) is 11.4 Å². The molecule has 1 amide bonds. The average Bonchev–Trinajstić information content (AvgIpc) is 3.08. The summed E-state index contributed by atoms with van der Waals surface area (Å²) in [5.41, 5.74) is 1.82. The Hall–Kier alpha value is -2.89. The van der Waals surface area contributed by atoms with Crippen molar-refractivity contribution in [1.29, 1.82) is 0 Å². The van der Waals surface area contributed by atoms with Gasteiger partial charge in [0.05, 0.1) is 6.04 Å². The molecular formula is C19H18N4O2. The highest BCUT2D eigenvalue weighted by molar-refractivity contribution is 5.98. The molecule has 1 atom stereocenters. The molecule has 3 aromatic rings. The van der Waals surface area contributed by atoms with Gasteiger partial charge in [-0.15, -0.1) is 0 Å². The number of aromatic nitrogens is 3. The van der Waals surface area contributed by atoms with E-state index >= 15 is 0 Å². The van der Waals surface area contributed by atoms with Crippen molar-refractivity contribution < 1.29 is 9.53 Å². The quantitative estimate of drug-likeness (QED) is 0.782. The molecule has 1 aliphatic carbocycles. The van der Waals surface area contributed by atoms with Crippen molar-refractivity contribution in [3.8, 4) is 5.75 Å². The van der Waals surface area contributed by atoms with Crippen LogP contribution in [0.2, 0.25) is 0 Å². The minimum atomic E-state index is -0.201. The molecule has 1 N–H and O–H groups in total. The predicted molar refractivity (Wildman–Crippen MR) is 91.5 cm³/mol. The van der Waals surface area contributed by atoms with Crippen LogP contribution in [-0.4, -0.2) is 25.9 Å². The molecule has 0 unspecified atom stereocenters. The molecule has 0 bridgehead atoms. The Morgan fingerprint density at radius 2 is 2.00 bits per heavy atom. The number of hydrogen-bond acceptors (Lipinski definition) is 4. The number of rotatable bonds is 2. The topological polar surface area (TPSA) is 68.5 Å². The second-order valence-electron chi connectivity index (χ2n) is 6.84. The number of nitrogens with one attached hydrogen (secondary N) is 1. The zero-order valence-electron chi connectivity index (χ0n) is 13.7. The van der Waals surface area contributed by atoms with Gasteiger partial charge in [0.25, 0.3) is 5.91 Å². The van der Waals surface area contributed by atoms with Crippen molar-refractivity contribution in [2.45, 2.75) is 37.3 Å². The van der Waals surface area contributed by atoms with Crippen LogP contribution in [0.1, 0.15) is 47.8 Å². The predicted octanol–water partition coefficient (Wildman–Crippen LogP) is 2.91. The van der Waals surface area contributed by atoms with E-state index in [-0.39, 0.29) is 17.6 Å². The van der Waals surface area contributed by atoms with Gasteiger partial charge in [-0.3, -0.25) is 4.79 Å². The molecule has 6 heteroatoms. The minimum Gasteiger partial charge on any atom is -0.487 e. The van der Waals surface area contributed by atoms with Crippen LogP contribution in [0.4, 0.5) is 0 Å². The largest absolute Gasteiger partial charge is 0.487 e. The van der Waals surface area contributed by atoms with Crippen LogP contribution in [-0.2, 0) is 0 Å². The van der Waals surface area contributed by atoms with E-state index in [2.05, 4.69) is 15.3 Å². The average molecular weight is 334 g/mol. The van der Waals surface area contributed by atoms with Gasteiger partial charge in [-0.2, -0.15) is 0 Å². The van der Waals surface area contributed by atoms with E-state index in [1.807, 2.05) is 24.3 Å². The third kappa shape index (κ3) is 2.28. The van der Waals surface area contributed by atoms with Crippen molar-refractivity contribution in [3.63, 3.8) is 0 Å². The van der Waals surface area contributed by atoms with E-state index in [0.29, 0.717) is 11.3 Å². The van der Waals surface area contributed by atoms with Gasteiger partial charge >= 0.3 is 0 Å². The van der Waals surface area contributed by atoms with E-state index in [9.17, 15) is 4.79 Å². The van der Waals surface area contributed by atoms with E-state index < -0.39 is 0 Å². The number of hydrogen-bond donors (Lipinski definition) is 1. The molecule has 1 aliphatic heterocycles. The molecule has 1 spiro atoms. The molecule has 2 aromatic heterocycles. The second kappa shape index (κ2) is 5.31. The standard InChI is InChI=1S/C19H18N4O2/c24-18(16-17-21-9-11-23(17)10-8-20-16)22-14-12-19(6-3-7-19)25-15-5-2-1-4-13(14)15/h1-2,4-5,8-11,14H,3,6-7,12H2,(H,22,24)/t14-/m1/s1. The maximum absolute atomic E-state index is 12.9. The Morgan fingerprint density at radius 1 is 1.20 bits per heavy atom. The van der Waals surface area contributed by atoms with Crippen LogP contribution in [0.25, 0.3) is 5.65 Å². The third-order valence-electron chi connectivity index (χ3n) is 5.29. The summed E-state index contributed by atoms with van der Waals surface area (Å²) in [5, 5.41) is 3.16. The Labute approximate surface area is 144 Å². The lowest BCUT2D eigenvalue weighted by atomic mass is 9.73. The van der Waals surface area contributed by atoms with Crippen LogP contribution in [0.5, 0.6) is 5.75 Å². The number of amides is 1. The molecule has 1 fully saturated rings. The van der Waals surface area contributed by atoms with Crippen molar-refractivity contribution >= 4 is 11.6 Å². The summed E-state index contributed by atoms with van der Waals surface area (Å²) in [6, 6.07) is 7.89. The van der Waals surface area contributed by atoms with E-state index in [0.717, 1.165) is 30.6 Å². The second-order valence-corrected chi connectivity index (χ2v) is 6.84. The summed E-state index contributed by atoms with van der Waals surface area (Å²) < 4.78 is 8.05. The molecule has 6 nitrogen and oxygen atoms in total. The highest BCUT2D eigenvalue weighted by Crippen LogP contribution is 2.48. The summed E-state index contributed by atoms with van der Waals surface area (Å²) in [6.45, 7) is 0. The van der Waals surface area contributed by atoms with Gasteiger partial charge in [-0.05, 0) is 25.3 Å². The van der Waals surface area contributed by atoms with Gasteiger partial charge in [0.15, 0.2) is 11.3 Å². The fourth-order valence-electron chi connectivity index (χ4n) is 3.87. The fraction of sp³-hybridized carbons (Fsp3) is 0.316. The zero-order valence-corrected chi connectivity index (χ0v) is 13.7. The smallest absolute Gasteiger partial charge is 0.274 e. The third-order valence-corrected chi connectivity index (χ3v) is 5.29. The molecule has 25 heavy (non-hydrogen) atoms. The maximum atomic E-state index is 12.9. The van der Waals surface area contributed by atoms with Gasteiger partial charge < -0.3 is 14.5 Å². The highest BCUT2D eigenvalue weighted by Gasteiger charge is 2.45. The lowest BCUT2D eigenvalue weighted by molar-refractivity contribution is -0.0360. The first-order valence-electron chi connectivity index (χ1n) is 8.61. The summed E-state index contributed by atoms with van der Waals surface area (Å²) in [7, 11) is 0. The van der Waals surface area contributed by atoms with Gasteiger partial charge in [-0.25, -0.2) is 9.97 Å². The highest BCUT2D eigenvalue weighted by atomic mass is 16.5. The number of nitrogens with zero attached hydrogens (tertiary/aromatic N) is 3. The Bertz CT molecular complexity index is 961. The van der Waals surface area contributed by atoms with E-state index in [1.54, 1.807) is 29.2 Å². The number of ether oxygens (including phenoxy) is 1. The van der Waals surface area contributed by atoms with E-state index in [4.69, 9.17) is 4.74 Å². The molecule has 126 valence electrons. The van der Waals surface area contributed by atoms with Crippen LogP contribution >= 0.6 is 0 Å². The molecule has 2 aliphatic rings. The lowest BCUT2D eigenvalue weighted by Crippen LogP contribution is -2.49. The number of carbonyl (C=O) groups is 1. The van der Waals surface area contributed by atoms with Crippen molar-refractivity contribution in [1.82, 2.24) is 19.7 Å². The van der Waals surface area contributed by atoms with Gasteiger partial charge in [0.2, 0.25) is 0 Å². The molecule has 0 radical (unpaired) electrons. The van der Waals surface area contributed by atoms with Gasteiger partial charge in [0, 0.05) is 36.8 Å². The van der Waals surface area contributed by atoms with Crippen LogP contribution < -0.4 is 10.1 Å². The lowest BCUT2D eigenvalue weighted by Gasteiger charge is -2.48. The summed E-state index contributed by atoms with van der Waals surface area (Å²) in [4.78, 5) is 21.4. The van der Waals surface area contributed by atoms with Crippen LogP contribution in [0.15, 0.2) is 49.1 Å². The van der Waals surface area contributed by atoms with Gasteiger partial charge in [-0.1, -0.05) is 18.2 Å². The first-order chi connectivity index (χ1) is 12.2. The summed E-state index contributed by atoms with van der Waals surface area (Å²) >= 11 is 0. The SMILES string of the molecule is O=C(N[C@@H]1CC2(CCC2)Oc2ccccc21)c1nccn2ccnc12. The normalized spacial score (nSPS) is 20.6. The molecule has 0 saturated heterocycles. The maximum Gasteiger partial charge on any atom is 0.274 e. The molecule has 1 saturated carbocycles. The Kier molecular flexibility index (Phi) is 3.07. The van der Waals surface area contributed by atoms with Crippen LogP contribution in [0.3, 0.4) is 0 Å². The number of carbonyl (C=O) groups excluding carboxylic acids is 1. The van der Waals surface area contributed by atoms with Crippen molar-refractivity contribution in [2.75, 3.05) is 0 Å². The first-order valence-corrected chi connectivity index (χ1v) is 8.61. The first kappa shape index (κ1) is 14.5. The minimum absolute atomic E-state index is 0.0743. The molecule has 3 heterocycles. The van der Waals surface area contributed by atoms with Crippen molar-refractivity contribution in [3.05, 3.63) is 60.3 Å². The van der Waals surface area contributed by atoms with Crippen molar-refractivity contribution in [2.24, 2.45) is 0 Å². The molecule has 1 aromatic carbocycles. The monoisotopic (exact) mass is 334 g/mol. The Morgan fingerprint density at radius 3 is 2.80 bits per heavy atom. The zero-order chi connectivity index (χ0) is 16.9. The summed E-state index contributed by atoms with van der Waals surface area (Å²) in [6.07, 6.45) is 10.9. The fourth-order valence-corrected chi connectivity index (χ4v) is 3.87. The molecule has 5 rings (SSSR count). The number of imidazole rings is 1. The summed E-state index contributed by atoms with van der Waals surface area (Å²) in [5.74, 6) is 0.679. The van der Waals surface area contributed by atoms with E-state index in [1.165, 1.54) is 6.42 Å². The number of benzene rings is 1.